The van der Waals surface area contributed by atoms with E-state index in [2.05, 4.69) is 10.6 Å². The zero-order chi connectivity index (χ0) is 18.9. The minimum Gasteiger partial charge on any atom is -0.452 e. The van der Waals surface area contributed by atoms with Crippen LogP contribution in [0.3, 0.4) is 0 Å². The zero-order valence-corrected chi connectivity index (χ0v) is 14.0. The number of carbonyl (C=O) groups excluding carboxylic acids is 3. The van der Waals surface area contributed by atoms with Crippen molar-refractivity contribution in [3.8, 4) is 0 Å². The number of hydrogen-bond donors (Lipinski definition) is 2. The van der Waals surface area contributed by atoms with Crippen molar-refractivity contribution in [2.24, 2.45) is 0 Å². The van der Waals surface area contributed by atoms with Crippen LogP contribution in [0, 0.1) is 5.82 Å². The van der Waals surface area contributed by atoms with Crippen LogP contribution in [0.2, 0.25) is 0 Å². The smallest absolute Gasteiger partial charge is 0.331 e. The standard InChI is InChI=1S/C19H17FN2O4/c1-21-19(25)14-5-9-16(10-6-14)22-17(23)12-26-18(24)11-4-13-2-7-15(20)8-3-13/h2-11H,12H2,1H3,(H,21,25)(H,22,23)/b11-4+. The van der Waals surface area contributed by atoms with Gasteiger partial charge in [0.1, 0.15) is 5.82 Å². The second-order valence-electron chi connectivity index (χ2n) is 5.20. The molecule has 2 N–H and O–H groups in total. The van der Waals surface area contributed by atoms with Crippen LogP contribution in [0.25, 0.3) is 6.08 Å². The summed E-state index contributed by atoms with van der Waals surface area (Å²) < 4.78 is 17.6. The van der Waals surface area contributed by atoms with Crippen LogP contribution in [-0.4, -0.2) is 31.4 Å². The van der Waals surface area contributed by atoms with Gasteiger partial charge in [0.2, 0.25) is 0 Å². The van der Waals surface area contributed by atoms with Crippen molar-refractivity contribution in [2.45, 2.75) is 0 Å². The first-order valence-corrected chi connectivity index (χ1v) is 7.70. The summed E-state index contributed by atoms with van der Waals surface area (Å²) in [6.45, 7) is -0.455. The summed E-state index contributed by atoms with van der Waals surface area (Å²) in [6, 6.07) is 11.8. The van der Waals surface area contributed by atoms with E-state index in [1.165, 1.54) is 37.4 Å². The summed E-state index contributed by atoms with van der Waals surface area (Å²) in [4.78, 5) is 34.8. The number of amides is 2. The van der Waals surface area contributed by atoms with Crippen LogP contribution >= 0.6 is 0 Å². The molecule has 134 valence electrons. The van der Waals surface area contributed by atoms with Gasteiger partial charge in [-0.15, -0.1) is 0 Å². The van der Waals surface area contributed by atoms with Crippen molar-refractivity contribution >= 4 is 29.5 Å². The molecular formula is C19H17FN2O4. The topological polar surface area (TPSA) is 84.5 Å². The molecule has 0 radical (unpaired) electrons. The van der Waals surface area contributed by atoms with Crippen LogP contribution in [0.1, 0.15) is 15.9 Å². The minimum atomic E-state index is -0.695. The summed E-state index contributed by atoms with van der Waals surface area (Å²) in [5.41, 5.74) is 1.56. The fourth-order valence-corrected chi connectivity index (χ4v) is 1.97. The lowest BCUT2D eigenvalue weighted by atomic mass is 10.2. The Bertz CT molecular complexity index is 814. The number of benzene rings is 2. The molecule has 7 heteroatoms. The van der Waals surface area contributed by atoms with Gasteiger partial charge in [-0.1, -0.05) is 12.1 Å². The molecule has 26 heavy (non-hydrogen) atoms. The Kier molecular flexibility index (Phi) is 6.61. The maximum Gasteiger partial charge on any atom is 0.331 e. The Hall–Kier alpha value is -3.48. The van der Waals surface area contributed by atoms with Gasteiger partial charge in [-0.05, 0) is 48.0 Å². The quantitative estimate of drug-likeness (QED) is 0.615. The van der Waals surface area contributed by atoms with Crippen LogP contribution in [0.4, 0.5) is 10.1 Å². The summed E-state index contributed by atoms with van der Waals surface area (Å²) >= 11 is 0. The molecule has 0 spiro atoms. The van der Waals surface area contributed by atoms with Gasteiger partial charge in [0.25, 0.3) is 11.8 Å². The molecular weight excluding hydrogens is 339 g/mol. The van der Waals surface area contributed by atoms with Gasteiger partial charge >= 0.3 is 5.97 Å². The molecule has 0 aromatic heterocycles. The van der Waals surface area contributed by atoms with E-state index in [0.29, 0.717) is 16.8 Å². The third kappa shape index (κ3) is 5.86. The molecule has 0 saturated carbocycles. The Morgan fingerprint density at radius 1 is 1.04 bits per heavy atom. The Labute approximate surface area is 149 Å². The Balaban J connectivity index is 1.79. The summed E-state index contributed by atoms with van der Waals surface area (Å²) in [6.07, 6.45) is 2.61. The normalized spacial score (nSPS) is 10.4. The van der Waals surface area contributed by atoms with Gasteiger partial charge in [0.15, 0.2) is 6.61 Å². The molecule has 0 bridgehead atoms. The number of ether oxygens (including phenoxy) is 1. The number of halogens is 1. The van der Waals surface area contributed by atoms with Gasteiger partial charge in [0.05, 0.1) is 0 Å². The van der Waals surface area contributed by atoms with Crippen molar-refractivity contribution in [3.63, 3.8) is 0 Å². The van der Waals surface area contributed by atoms with Crippen molar-refractivity contribution in [2.75, 3.05) is 19.0 Å². The van der Waals surface area contributed by atoms with E-state index in [1.807, 2.05) is 0 Å². The number of hydrogen-bond acceptors (Lipinski definition) is 4. The van der Waals surface area contributed by atoms with Gasteiger partial charge in [-0.2, -0.15) is 0 Å². The fraction of sp³-hybridized carbons (Fsp3) is 0.105. The van der Waals surface area contributed by atoms with E-state index in [-0.39, 0.29) is 11.7 Å². The van der Waals surface area contributed by atoms with E-state index in [0.717, 1.165) is 6.08 Å². The van der Waals surface area contributed by atoms with Crippen LogP contribution in [0.5, 0.6) is 0 Å². The number of esters is 1. The van der Waals surface area contributed by atoms with Gasteiger partial charge in [-0.3, -0.25) is 9.59 Å². The van der Waals surface area contributed by atoms with Crippen molar-refractivity contribution in [1.82, 2.24) is 5.32 Å². The molecule has 0 atom stereocenters. The SMILES string of the molecule is CNC(=O)c1ccc(NC(=O)COC(=O)/C=C/c2ccc(F)cc2)cc1. The summed E-state index contributed by atoms with van der Waals surface area (Å²) in [7, 11) is 1.52. The van der Waals surface area contributed by atoms with Gasteiger partial charge in [-0.25, -0.2) is 9.18 Å². The lowest BCUT2D eigenvalue weighted by molar-refractivity contribution is -0.142. The van der Waals surface area contributed by atoms with Crippen LogP contribution in [-0.2, 0) is 14.3 Å². The highest BCUT2D eigenvalue weighted by atomic mass is 19.1. The number of nitrogens with one attached hydrogen (secondary N) is 2. The highest BCUT2D eigenvalue weighted by Gasteiger charge is 2.07. The predicted octanol–water partition coefficient (Wildman–Crippen LogP) is 2.38. The van der Waals surface area contributed by atoms with Crippen LogP contribution in [0.15, 0.2) is 54.6 Å². The van der Waals surface area contributed by atoms with Crippen LogP contribution < -0.4 is 10.6 Å². The van der Waals surface area contributed by atoms with E-state index < -0.39 is 18.5 Å². The molecule has 0 fully saturated rings. The maximum atomic E-state index is 12.8. The zero-order valence-electron chi connectivity index (χ0n) is 14.0. The van der Waals surface area contributed by atoms with E-state index >= 15 is 0 Å². The first kappa shape index (κ1) is 18.9. The van der Waals surface area contributed by atoms with Crippen molar-refractivity contribution in [1.29, 1.82) is 0 Å². The molecule has 0 saturated heterocycles. The van der Waals surface area contributed by atoms with Gasteiger partial charge in [0, 0.05) is 24.4 Å². The monoisotopic (exact) mass is 356 g/mol. The molecule has 0 aliphatic heterocycles. The molecule has 2 rings (SSSR count). The Morgan fingerprint density at radius 2 is 1.69 bits per heavy atom. The first-order valence-electron chi connectivity index (χ1n) is 7.70. The lowest BCUT2D eigenvalue weighted by Crippen LogP contribution is -2.20. The van der Waals surface area contributed by atoms with E-state index in [4.69, 9.17) is 4.74 Å². The highest BCUT2D eigenvalue weighted by Crippen LogP contribution is 2.09. The summed E-state index contributed by atoms with van der Waals surface area (Å²) in [5.74, 6) is -1.81. The van der Waals surface area contributed by atoms with Crippen molar-refractivity contribution < 1.29 is 23.5 Å². The number of carbonyl (C=O) groups is 3. The summed E-state index contributed by atoms with van der Waals surface area (Å²) in [5, 5.41) is 5.04. The lowest BCUT2D eigenvalue weighted by Gasteiger charge is -2.06. The predicted molar refractivity (Wildman–Crippen MR) is 94.9 cm³/mol. The van der Waals surface area contributed by atoms with Gasteiger partial charge < -0.3 is 15.4 Å². The molecule has 2 aromatic carbocycles. The molecule has 0 aliphatic rings. The minimum absolute atomic E-state index is 0.232. The average molecular weight is 356 g/mol. The largest absolute Gasteiger partial charge is 0.452 e. The molecule has 2 aromatic rings. The number of anilines is 1. The van der Waals surface area contributed by atoms with E-state index in [1.54, 1.807) is 24.3 Å². The molecule has 0 unspecified atom stereocenters. The third-order valence-electron chi connectivity index (χ3n) is 3.29. The number of rotatable bonds is 6. The van der Waals surface area contributed by atoms with Crippen molar-refractivity contribution in [3.05, 3.63) is 71.6 Å². The molecule has 0 heterocycles. The van der Waals surface area contributed by atoms with E-state index in [9.17, 15) is 18.8 Å². The first-order chi connectivity index (χ1) is 12.5. The second-order valence-corrected chi connectivity index (χ2v) is 5.20. The second kappa shape index (κ2) is 9.12. The molecule has 2 amide bonds. The maximum absolute atomic E-state index is 12.8. The molecule has 6 nitrogen and oxygen atoms in total. The Morgan fingerprint density at radius 3 is 2.31 bits per heavy atom. The molecule has 0 aliphatic carbocycles. The fourth-order valence-electron chi connectivity index (χ4n) is 1.97. The third-order valence-corrected chi connectivity index (χ3v) is 3.29. The average Bonchev–Trinajstić information content (AvgIpc) is 2.66. The highest BCUT2D eigenvalue weighted by molar-refractivity contribution is 5.96.